The van der Waals surface area contributed by atoms with Gasteiger partial charge >= 0.3 is 5.92 Å². The Balaban J connectivity index is 2.09. The number of alkyl halides is 2. The van der Waals surface area contributed by atoms with E-state index in [2.05, 4.69) is 6.92 Å². The highest BCUT2D eigenvalue weighted by Crippen LogP contribution is 2.33. The molecule has 1 nitrogen and oxygen atoms in total. The molecular weight excluding hydrogens is 246 g/mol. The van der Waals surface area contributed by atoms with Crippen LogP contribution < -0.4 is 0 Å². The molecule has 102 valence electrons. The molecule has 2 rings (SSSR count). The minimum atomic E-state index is -3.43. The summed E-state index contributed by atoms with van der Waals surface area (Å²) in [4.78, 5) is 11.7. The summed E-state index contributed by atoms with van der Waals surface area (Å²) in [5, 5.41) is 0. The topological polar surface area (TPSA) is 17.1 Å². The fourth-order valence-corrected chi connectivity index (χ4v) is 2.57. The lowest BCUT2D eigenvalue weighted by Crippen LogP contribution is -2.24. The van der Waals surface area contributed by atoms with Crippen LogP contribution in [0.1, 0.15) is 31.7 Å². The van der Waals surface area contributed by atoms with Crippen LogP contribution in [0.5, 0.6) is 0 Å². The van der Waals surface area contributed by atoms with Crippen LogP contribution in [0, 0.1) is 11.8 Å². The van der Waals surface area contributed by atoms with Crippen LogP contribution >= 0.6 is 0 Å². The summed E-state index contributed by atoms with van der Waals surface area (Å²) in [5.74, 6) is -3.82. The molecule has 0 saturated heterocycles. The third kappa shape index (κ3) is 3.09. The standard InChI is InChI=1S/C16H18F2O/c1-12-6-5-7-13(12)10-11-15(19)16(17,18)14-8-3-2-4-9-14/h2-4,8-13H,5-7H2,1H3/b11-10+/t12?,13-/m1/s1. The highest BCUT2D eigenvalue weighted by molar-refractivity contribution is 5.96. The average Bonchev–Trinajstić information content (AvgIpc) is 2.82. The second kappa shape index (κ2) is 5.64. The maximum absolute atomic E-state index is 13.9. The molecule has 1 aromatic rings. The normalized spacial score (nSPS) is 23.9. The minimum Gasteiger partial charge on any atom is -0.288 e. The van der Waals surface area contributed by atoms with Crippen molar-refractivity contribution in [2.75, 3.05) is 0 Å². The molecule has 1 fully saturated rings. The van der Waals surface area contributed by atoms with Crippen molar-refractivity contribution in [3.05, 3.63) is 48.0 Å². The van der Waals surface area contributed by atoms with Gasteiger partial charge in [0.15, 0.2) is 0 Å². The summed E-state index contributed by atoms with van der Waals surface area (Å²) >= 11 is 0. The Kier molecular flexibility index (Phi) is 4.13. The minimum absolute atomic E-state index is 0.246. The quantitative estimate of drug-likeness (QED) is 0.739. The number of halogens is 2. The molecule has 1 aliphatic carbocycles. The molecule has 0 radical (unpaired) electrons. The summed E-state index contributed by atoms with van der Waals surface area (Å²) in [6.45, 7) is 2.10. The number of carbonyl (C=O) groups excluding carboxylic acids is 1. The summed E-state index contributed by atoms with van der Waals surface area (Å²) in [6, 6.07) is 7.24. The van der Waals surface area contributed by atoms with E-state index >= 15 is 0 Å². The molecule has 0 amide bonds. The fourth-order valence-electron chi connectivity index (χ4n) is 2.57. The van der Waals surface area contributed by atoms with Gasteiger partial charge in [0.05, 0.1) is 0 Å². The molecule has 0 aromatic heterocycles. The van der Waals surface area contributed by atoms with Crippen molar-refractivity contribution in [1.29, 1.82) is 0 Å². The van der Waals surface area contributed by atoms with E-state index in [4.69, 9.17) is 0 Å². The first-order valence-electron chi connectivity index (χ1n) is 6.68. The summed E-state index contributed by atoms with van der Waals surface area (Å²) < 4.78 is 27.8. The Bertz CT molecular complexity index is 465. The van der Waals surface area contributed by atoms with Crippen LogP contribution in [-0.4, -0.2) is 5.78 Å². The Morgan fingerprint density at radius 3 is 2.53 bits per heavy atom. The molecule has 19 heavy (non-hydrogen) atoms. The van der Waals surface area contributed by atoms with E-state index in [0.29, 0.717) is 5.92 Å². The van der Waals surface area contributed by atoms with Gasteiger partial charge in [0.1, 0.15) is 0 Å². The maximum Gasteiger partial charge on any atom is 0.334 e. The molecule has 0 spiro atoms. The van der Waals surface area contributed by atoms with Crippen molar-refractivity contribution in [3.8, 4) is 0 Å². The lowest BCUT2D eigenvalue weighted by molar-refractivity contribution is -0.138. The van der Waals surface area contributed by atoms with Crippen molar-refractivity contribution < 1.29 is 13.6 Å². The fraction of sp³-hybridized carbons (Fsp3) is 0.438. The van der Waals surface area contributed by atoms with Gasteiger partial charge in [-0.1, -0.05) is 56.2 Å². The van der Waals surface area contributed by atoms with E-state index in [-0.39, 0.29) is 11.5 Å². The van der Waals surface area contributed by atoms with Gasteiger partial charge < -0.3 is 0 Å². The van der Waals surface area contributed by atoms with Gasteiger partial charge in [0.2, 0.25) is 5.78 Å². The second-order valence-electron chi connectivity index (χ2n) is 5.24. The zero-order valence-electron chi connectivity index (χ0n) is 11.0. The molecule has 1 aromatic carbocycles. The molecule has 1 unspecified atom stereocenters. The molecule has 0 heterocycles. The van der Waals surface area contributed by atoms with E-state index in [0.717, 1.165) is 25.3 Å². The summed E-state index contributed by atoms with van der Waals surface area (Å²) in [7, 11) is 0. The van der Waals surface area contributed by atoms with E-state index in [9.17, 15) is 13.6 Å². The van der Waals surface area contributed by atoms with Gasteiger partial charge in [-0.05, 0) is 24.3 Å². The third-order valence-corrected chi connectivity index (χ3v) is 3.87. The van der Waals surface area contributed by atoms with E-state index in [1.165, 1.54) is 24.3 Å². The van der Waals surface area contributed by atoms with Crippen LogP contribution in [0.2, 0.25) is 0 Å². The number of hydrogen-bond donors (Lipinski definition) is 0. The van der Waals surface area contributed by atoms with E-state index in [1.807, 2.05) is 0 Å². The molecule has 3 heteroatoms. The van der Waals surface area contributed by atoms with Crippen molar-refractivity contribution in [2.24, 2.45) is 11.8 Å². The van der Waals surface area contributed by atoms with Crippen molar-refractivity contribution in [2.45, 2.75) is 32.1 Å². The number of ketones is 1. The van der Waals surface area contributed by atoms with Crippen LogP contribution in [0.15, 0.2) is 42.5 Å². The summed E-state index contributed by atoms with van der Waals surface area (Å²) in [5.41, 5.74) is -0.246. The highest BCUT2D eigenvalue weighted by Gasteiger charge is 2.38. The number of allylic oxidation sites excluding steroid dienone is 2. The number of rotatable bonds is 4. The molecule has 0 aliphatic heterocycles. The SMILES string of the molecule is CC1CCC[C@@H]1/C=C/C(=O)C(F)(F)c1ccccc1. The summed E-state index contributed by atoms with van der Waals surface area (Å²) in [6.07, 6.45) is 5.94. The second-order valence-corrected chi connectivity index (χ2v) is 5.24. The number of carbonyl (C=O) groups is 1. The predicted octanol–water partition coefficient (Wildman–Crippen LogP) is 4.34. The first-order valence-corrected chi connectivity index (χ1v) is 6.68. The molecule has 1 aliphatic rings. The largest absolute Gasteiger partial charge is 0.334 e. The molecular formula is C16H18F2O. The smallest absolute Gasteiger partial charge is 0.288 e. The maximum atomic E-state index is 13.9. The van der Waals surface area contributed by atoms with Gasteiger partial charge in [0.25, 0.3) is 0 Å². The van der Waals surface area contributed by atoms with Crippen LogP contribution in [0.25, 0.3) is 0 Å². The van der Waals surface area contributed by atoms with Crippen LogP contribution in [0.3, 0.4) is 0 Å². The highest BCUT2D eigenvalue weighted by atomic mass is 19.3. The van der Waals surface area contributed by atoms with Crippen molar-refractivity contribution in [3.63, 3.8) is 0 Å². The number of benzene rings is 1. The Morgan fingerprint density at radius 2 is 1.95 bits per heavy atom. The molecule has 0 N–H and O–H groups in total. The van der Waals surface area contributed by atoms with Gasteiger partial charge in [-0.25, -0.2) is 0 Å². The van der Waals surface area contributed by atoms with E-state index < -0.39 is 11.7 Å². The molecule has 1 saturated carbocycles. The van der Waals surface area contributed by atoms with Gasteiger partial charge in [0, 0.05) is 5.56 Å². The van der Waals surface area contributed by atoms with Gasteiger partial charge in [-0.15, -0.1) is 0 Å². The third-order valence-electron chi connectivity index (χ3n) is 3.87. The lowest BCUT2D eigenvalue weighted by atomic mass is 9.96. The van der Waals surface area contributed by atoms with Gasteiger partial charge in [-0.2, -0.15) is 8.78 Å². The monoisotopic (exact) mass is 264 g/mol. The first-order chi connectivity index (χ1) is 9.01. The Labute approximate surface area is 112 Å². The van der Waals surface area contributed by atoms with E-state index in [1.54, 1.807) is 12.1 Å². The zero-order chi connectivity index (χ0) is 13.9. The first kappa shape index (κ1) is 13.9. The Morgan fingerprint density at radius 1 is 1.26 bits per heavy atom. The average molecular weight is 264 g/mol. The van der Waals surface area contributed by atoms with Crippen molar-refractivity contribution >= 4 is 5.78 Å². The predicted molar refractivity (Wildman–Crippen MR) is 71.0 cm³/mol. The van der Waals surface area contributed by atoms with Gasteiger partial charge in [-0.3, -0.25) is 4.79 Å². The lowest BCUT2D eigenvalue weighted by Gasteiger charge is -2.14. The zero-order valence-corrected chi connectivity index (χ0v) is 11.0. The van der Waals surface area contributed by atoms with Crippen LogP contribution in [-0.2, 0) is 10.7 Å². The van der Waals surface area contributed by atoms with Crippen molar-refractivity contribution in [1.82, 2.24) is 0 Å². The molecule has 2 atom stereocenters. The molecule has 0 bridgehead atoms. The Hall–Kier alpha value is -1.51. The van der Waals surface area contributed by atoms with Crippen LogP contribution in [0.4, 0.5) is 8.78 Å². The number of hydrogen-bond acceptors (Lipinski definition) is 1.